The molecule has 6 nitrogen and oxygen atoms in total. The van der Waals surface area contributed by atoms with Gasteiger partial charge in [-0.2, -0.15) is 5.26 Å². The molecular weight excluding hydrogens is 305 g/mol. The first kappa shape index (κ1) is 21.0. The van der Waals surface area contributed by atoms with Crippen LogP contribution in [0.1, 0.15) is 8.35 Å². The second-order valence-corrected chi connectivity index (χ2v) is 2.02. The third-order valence-electron chi connectivity index (χ3n) is 0.892. The fourth-order valence-corrected chi connectivity index (χ4v) is 0.289. The van der Waals surface area contributed by atoms with E-state index in [4.69, 9.17) is 10.5 Å². The van der Waals surface area contributed by atoms with Gasteiger partial charge in [0.1, 0.15) is 0 Å². The Labute approximate surface area is 124 Å². The molecule has 0 amide bonds. The summed E-state index contributed by atoms with van der Waals surface area (Å²) in [7, 11) is 0. The Bertz CT molecular complexity index is 408. The van der Waals surface area contributed by atoms with Gasteiger partial charge in [-0.15, -0.1) is 0 Å². The predicted octanol–water partition coefficient (Wildman–Crippen LogP) is 1.28. The zero-order valence-corrected chi connectivity index (χ0v) is 11.9. The van der Waals surface area contributed by atoms with Crippen molar-refractivity contribution in [3.8, 4) is 0 Å². The van der Waals surface area contributed by atoms with Crippen LogP contribution >= 0.6 is 0 Å². The van der Waals surface area contributed by atoms with Crippen LogP contribution in [0.15, 0.2) is 35.1 Å². The quantitative estimate of drug-likeness (QED) is 0.249. The van der Waals surface area contributed by atoms with Crippen molar-refractivity contribution < 1.29 is 64.0 Å². The Morgan fingerprint density at radius 1 is 1.29 bits per heavy atom. The van der Waals surface area contributed by atoms with Crippen LogP contribution in [0.25, 0.3) is 0 Å². The van der Waals surface area contributed by atoms with Crippen LogP contribution in [0, 0.1) is 6.92 Å². The van der Waals surface area contributed by atoms with Crippen molar-refractivity contribution in [2.75, 3.05) is 0 Å². The smallest absolute Gasteiger partial charge is 0.335 e. The van der Waals surface area contributed by atoms with Crippen molar-refractivity contribution in [3.05, 3.63) is 42.0 Å². The van der Waals surface area contributed by atoms with Gasteiger partial charge in [0, 0.05) is 34.1 Å². The fraction of sp³-hybridized carbons (Fsp3) is 0.100. The monoisotopic (exact) mass is 316 g/mol. The summed E-state index contributed by atoms with van der Waals surface area (Å²) in [6.07, 6.45) is 0. The van der Waals surface area contributed by atoms with Gasteiger partial charge >= 0.3 is 5.97 Å². The molecule has 0 rings (SSSR count). The normalized spacial score (nSPS) is 6.06. The average molecular weight is 316 g/mol. The molecule has 0 bridgehead atoms. The van der Waals surface area contributed by atoms with Crippen LogP contribution in [0.2, 0.25) is 0 Å². The molecule has 1 radical (unpaired) electrons. The van der Waals surface area contributed by atoms with Gasteiger partial charge in [0.05, 0.1) is 5.57 Å². The maximum Gasteiger partial charge on any atom is 0.376 e. The molecule has 0 atom stereocenters. The first-order valence-electron chi connectivity index (χ1n) is 3.64. The molecule has 0 saturated heterocycles. The van der Waals surface area contributed by atoms with Crippen molar-refractivity contribution in [3.63, 3.8) is 0 Å². The average Bonchev–Trinajstić information content (AvgIpc) is 2.28. The van der Waals surface area contributed by atoms with E-state index in [-0.39, 0.29) is 39.7 Å². The minimum Gasteiger partial charge on any atom is -0.335 e. The molecule has 91 valence electrons. The Morgan fingerprint density at radius 2 is 1.76 bits per heavy atom. The van der Waals surface area contributed by atoms with E-state index in [0.717, 1.165) is 0 Å². The van der Waals surface area contributed by atoms with Crippen LogP contribution < -0.4 is 0 Å². The van der Waals surface area contributed by atoms with Crippen molar-refractivity contribution in [2.24, 2.45) is 0 Å². The molecule has 0 aliphatic rings. The zero-order chi connectivity index (χ0) is 13.0. The number of rotatable bonds is 1. The Kier molecular flexibility index (Phi) is 18.2. The minimum absolute atomic E-state index is 0. The third-order valence-corrected chi connectivity index (χ3v) is 0.892. The second kappa shape index (κ2) is 14.7. The van der Waals surface area contributed by atoms with Gasteiger partial charge in [0.25, 0.3) is 0 Å². The molecule has 2 N–H and O–H groups in total. The first-order valence-corrected chi connectivity index (χ1v) is 3.64. The number of carbonyl (C=O) groups excluding carboxylic acids is 2. The van der Waals surface area contributed by atoms with Gasteiger partial charge in [0.2, 0.25) is 5.97 Å². The molecular formula is C10H11O6Y-. The van der Waals surface area contributed by atoms with E-state index >= 15 is 0 Å². The first-order chi connectivity index (χ1) is 7.49. The van der Waals surface area contributed by atoms with E-state index in [1.165, 1.54) is 6.92 Å². The maximum absolute atomic E-state index is 10.4. The molecule has 0 aliphatic carbocycles. The molecule has 0 aromatic carbocycles. The molecule has 0 unspecified atom stereocenters. The summed E-state index contributed by atoms with van der Waals surface area (Å²) in [5, 5.41) is 15.1. The molecule has 0 heterocycles. The van der Waals surface area contributed by atoms with Crippen LogP contribution in [-0.4, -0.2) is 22.5 Å². The summed E-state index contributed by atoms with van der Waals surface area (Å²) >= 11 is 0. The molecule has 17 heavy (non-hydrogen) atoms. The largest absolute Gasteiger partial charge is 0.376 e. The van der Waals surface area contributed by atoms with E-state index in [1.54, 1.807) is 0 Å². The van der Waals surface area contributed by atoms with Gasteiger partial charge in [-0.1, -0.05) is 5.73 Å². The summed E-state index contributed by atoms with van der Waals surface area (Å²) in [5.74, 6) is -1.81. The van der Waals surface area contributed by atoms with Gasteiger partial charge < -0.3 is 4.89 Å². The summed E-state index contributed by atoms with van der Waals surface area (Å²) in [6, 6.07) is 0. The Hall–Kier alpha value is -1.31. The second-order valence-electron chi connectivity index (χ2n) is 2.02. The van der Waals surface area contributed by atoms with Gasteiger partial charge in [-0.25, -0.2) is 10.1 Å². The van der Waals surface area contributed by atoms with Gasteiger partial charge in [-0.3, -0.25) is 16.6 Å². The van der Waals surface area contributed by atoms with E-state index in [2.05, 4.69) is 46.2 Å². The zero-order valence-electron chi connectivity index (χ0n) is 9.02. The minimum atomic E-state index is -0.940. The third kappa shape index (κ3) is 17.3. The Balaban J connectivity index is -0.000000122. The summed E-state index contributed by atoms with van der Waals surface area (Å²) in [4.78, 5) is 26.1. The van der Waals surface area contributed by atoms with Gasteiger partial charge in [-0.05, 0) is 30.7 Å². The standard InChI is InChI=1S/C8H6O3.C2H3O3.Y.H2/c1-3-4-5-6-7(2)8(9)11-10;1-2(3)5-4;;/h10H,1H2,2H3;4H,1H2;;1H/q;-1;;. The molecule has 0 aromatic heterocycles. The van der Waals surface area contributed by atoms with Crippen molar-refractivity contribution >= 4 is 11.9 Å². The summed E-state index contributed by atoms with van der Waals surface area (Å²) in [5.41, 5.74) is 9.38. The molecule has 0 fully saturated rings. The van der Waals surface area contributed by atoms with Crippen LogP contribution in [0.4, 0.5) is 0 Å². The van der Waals surface area contributed by atoms with E-state index in [1.807, 2.05) is 0 Å². The number of hydrogen-bond acceptors (Lipinski definition) is 6. The topological polar surface area (TPSA) is 93.1 Å². The van der Waals surface area contributed by atoms with Crippen LogP contribution in [0.3, 0.4) is 0 Å². The molecule has 0 aromatic rings. The van der Waals surface area contributed by atoms with E-state index in [0.29, 0.717) is 0 Å². The molecule has 0 aliphatic heterocycles. The van der Waals surface area contributed by atoms with Crippen LogP contribution in [0.5, 0.6) is 0 Å². The summed E-state index contributed by atoms with van der Waals surface area (Å²) in [6.45, 7) is 7.27. The maximum atomic E-state index is 10.4. The predicted molar refractivity (Wildman–Crippen MR) is 53.8 cm³/mol. The SMILES string of the molecule is C=C=C=C=C=C(C)C(=O)OO.[CH2-]C(=O)OO.[HH].[Y]. The van der Waals surface area contributed by atoms with Crippen molar-refractivity contribution in [1.29, 1.82) is 0 Å². The molecule has 7 heteroatoms. The molecule has 0 spiro atoms. The number of hydrogen-bond donors (Lipinski definition) is 2. The van der Waals surface area contributed by atoms with Gasteiger partial charge in [0.15, 0.2) is 0 Å². The van der Waals surface area contributed by atoms with Crippen molar-refractivity contribution in [1.82, 2.24) is 0 Å². The number of carbonyl (C=O) groups is 2. The molecule has 0 saturated carbocycles. The van der Waals surface area contributed by atoms with E-state index < -0.39 is 11.9 Å². The van der Waals surface area contributed by atoms with Crippen LogP contribution in [-0.2, 0) is 52.1 Å². The summed E-state index contributed by atoms with van der Waals surface area (Å²) < 4.78 is 0. The van der Waals surface area contributed by atoms with Crippen molar-refractivity contribution in [2.45, 2.75) is 6.92 Å². The fourth-order valence-electron chi connectivity index (χ4n) is 0.289. The Morgan fingerprint density at radius 3 is 2.06 bits per heavy atom. The van der Waals surface area contributed by atoms with E-state index in [9.17, 15) is 9.59 Å².